The molecule has 0 unspecified atom stereocenters. The zero-order valence-corrected chi connectivity index (χ0v) is 15.5. The monoisotopic (exact) mass is 356 g/mol. The van der Waals surface area contributed by atoms with E-state index in [4.69, 9.17) is 9.47 Å². The van der Waals surface area contributed by atoms with E-state index in [0.29, 0.717) is 19.1 Å². The van der Waals surface area contributed by atoms with Crippen LogP contribution in [0.1, 0.15) is 35.7 Å². The molecule has 4 rings (SSSR count). The van der Waals surface area contributed by atoms with Crippen LogP contribution in [0.2, 0.25) is 0 Å². The Labute approximate surface area is 155 Å². The van der Waals surface area contributed by atoms with E-state index < -0.39 is 0 Å². The van der Waals surface area contributed by atoms with Gasteiger partial charge >= 0.3 is 0 Å². The van der Waals surface area contributed by atoms with Gasteiger partial charge in [-0.1, -0.05) is 35.5 Å². The maximum Gasteiger partial charge on any atom is 0.100 e. The van der Waals surface area contributed by atoms with Crippen LogP contribution in [-0.4, -0.2) is 52.8 Å². The SMILES string of the molecule is Cn1nnc2c1[C@@H](COCc1ccccc1)CN(CC1CCOCC1)C2. The first-order valence-electron chi connectivity index (χ1n) is 9.60. The summed E-state index contributed by atoms with van der Waals surface area (Å²) in [4.78, 5) is 2.53. The molecule has 0 spiro atoms. The van der Waals surface area contributed by atoms with Crippen molar-refractivity contribution in [3.05, 3.63) is 47.3 Å². The molecule has 6 heteroatoms. The van der Waals surface area contributed by atoms with Crippen molar-refractivity contribution in [2.75, 3.05) is 32.9 Å². The molecule has 6 nitrogen and oxygen atoms in total. The van der Waals surface area contributed by atoms with E-state index in [1.54, 1.807) is 0 Å². The van der Waals surface area contributed by atoms with E-state index in [2.05, 4.69) is 39.5 Å². The molecule has 26 heavy (non-hydrogen) atoms. The lowest BCUT2D eigenvalue weighted by Gasteiger charge is -2.35. The summed E-state index contributed by atoms with van der Waals surface area (Å²) in [6.07, 6.45) is 2.33. The van der Waals surface area contributed by atoms with Gasteiger partial charge in [-0.2, -0.15) is 0 Å². The predicted octanol–water partition coefficient (Wildman–Crippen LogP) is 2.36. The second-order valence-electron chi connectivity index (χ2n) is 7.49. The fraction of sp³-hybridized carbons (Fsp3) is 0.600. The molecule has 2 aliphatic heterocycles. The van der Waals surface area contributed by atoms with Crippen molar-refractivity contribution in [3.8, 4) is 0 Å². The quantitative estimate of drug-likeness (QED) is 0.795. The maximum absolute atomic E-state index is 6.06. The Bertz CT molecular complexity index is 697. The summed E-state index contributed by atoms with van der Waals surface area (Å²) >= 11 is 0. The highest BCUT2D eigenvalue weighted by Crippen LogP contribution is 2.29. The molecule has 0 bridgehead atoms. The number of benzene rings is 1. The lowest BCUT2D eigenvalue weighted by molar-refractivity contribution is 0.0417. The van der Waals surface area contributed by atoms with Crippen LogP contribution in [0.5, 0.6) is 0 Å². The maximum atomic E-state index is 6.06. The first kappa shape index (κ1) is 17.6. The van der Waals surface area contributed by atoms with Crippen LogP contribution in [0.25, 0.3) is 0 Å². The number of rotatable bonds is 6. The number of fused-ring (bicyclic) bond motifs is 1. The second-order valence-corrected chi connectivity index (χ2v) is 7.49. The van der Waals surface area contributed by atoms with Crippen molar-refractivity contribution in [2.45, 2.75) is 31.9 Å². The van der Waals surface area contributed by atoms with Crippen molar-refractivity contribution < 1.29 is 9.47 Å². The van der Waals surface area contributed by atoms with Crippen LogP contribution < -0.4 is 0 Å². The van der Waals surface area contributed by atoms with Gasteiger partial charge in [-0.25, -0.2) is 0 Å². The number of ether oxygens (including phenoxy) is 2. The lowest BCUT2D eigenvalue weighted by Crippen LogP contribution is -2.40. The summed E-state index contributed by atoms with van der Waals surface area (Å²) in [7, 11) is 1.99. The molecule has 3 heterocycles. The second kappa shape index (κ2) is 8.29. The molecule has 1 atom stereocenters. The summed E-state index contributed by atoms with van der Waals surface area (Å²) in [6.45, 7) is 6.19. The largest absolute Gasteiger partial charge is 0.381 e. The smallest absolute Gasteiger partial charge is 0.100 e. The molecule has 140 valence electrons. The number of hydrogen-bond donors (Lipinski definition) is 0. The Morgan fingerprint density at radius 2 is 2.00 bits per heavy atom. The zero-order chi connectivity index (χ0) is 17.8. The van der Waals surface area contributed by atoms with Gasteiger partial charge in [0.15, 0.2) is 0 Å². The molecule has 1 aromatic heterocycles. The van der Waals surface area contributed by atoms with Crippen LogP contribution in [0.3, 0.4) is 0 Å². The van der Waals surface area contributed by atoms with Crippen LogP contribution in [-0.2, 0) is 29.7 Å². The molecule has 0 N–H and O–H groups in total. The lowest BCUT2D eigenvalue weighted by atomic mass is 9.95. The summed E-state index contributed by atoms with van der Waals surface area (Å²) in [6, 6.07) is 10.4. The number of aryl methyl sites for hydroxylation is 1. The minimum atomic E-state index is 0.322. The van der Waals surface area contributed by atoms with Crippen molar-refractivity contribution in [1.82, 2.24) is 19.9 Å². The van der Waals surface area contributed by atoms with E-state index >= 15 is 0 Å². The molecule has 1 saturated heterocycles. The van der Waals surface area contributed by atoms with E-state index in [-0.39, 0.29) is 0 Å². The highest BCUT2D eigenvalue weighted by Gasteiger charge is 2.31. The van der Waals surface area contributed by atoms with Gasteiger partial charge in [0.25, 0.3) is 0 Å². The Morgan fingerprint density at radius 1 is 1.19 bits per heavy atom. The van der Waals surface area contributed by atoms with E-state index in [1.807, 2.05) is 17.8 Å². The fourth-order valence-corrected chi connectivity index (χ4v) is 4.15. The molecule has 2 aliphatic rings. The van der Waals surface area contributed by atoms with Crippen LogP contribution in [0.15, 0.2) is 30.3 Å². The third-order valence-electron chi connectivity index (χ3n) is 5.47. The highest BCUT2D eigenvalue weighted by molar-refractivity contribution is 5.20. The van der Waals surface area contributed by atoms with E-state index in [9.17, 15) is 0 Å². The third kappa shape index (κ3) is 4.14. The first-order valence-corrected chi connectivity index (χ1v) is 9.60. The predicted molar refractivity (Wildman–Crippen MR) is 98.7 cm³/mol. The molecule has 1 aromatic carbocycles. The third-order valence-corrected chi connectivity index (χ3v) is 5.47. The summed E-state index contributed by atoms with van der Waals surface area (Å²) < 4.78 is 13.5. The minimum Gasteiger partial charge on any atom is -0.381 e. The Kier molecular flexibility index (Phi) is 5.62. The molecule has 0 radical (unpaired) electrons. The van der Waals surface area contributed by atoms with Gasteiger partial charge in [0, 0.05) is 45.8 Å². The van der Waals surface area contributed by atoms with Gasteiger partial charge in [-0.05, 0) is 24.3 Å². The number of nitrogens with zero attached hydrogens (tertiary/aromatic N) is 4. The first-order chi connectivity index (χ1) is 12.8. The molecule has 0 amide bonds. The van der Waals surface area contributed by atoms with Crippen molar-refractivity contribution in [3.63, 3.8) is 0 Å². The minimum absolute atomic E-state index is 0.322. The molecular weight excluding hydrogens is 328 g/mol. The van der Waals surface area contributed by atoms with Crippen molar-refractivity contribution in [1.29, 1.82) is 0 Å². The molecule has 0 saturated carbocycles. The fourth-order valence-electron chi connectivity index (χ4n) is 4.15. The normalized spacial score (nSPS) is 21.7. The van der Waals surface area contributed by atoms with Gasteiger partial charge < -0.3 is 9.47 Å². The summed E-state index contributed by atoms with van der Waals surface area (Å²) in [5.74, 6) is 1.05. The van der Waals surface area contributed by atoms with Crippen molar-refractivity contribution in [2.24, 2.45) is 13.0 Å². The summed E-state index contributed by atoms with van der Waals surface area (Å²) in [5.41, 5.74) is 3.56. The Hall–Kier alpha value is -1.76. The zero-order valence-electron chi connectivity index (χ0n) is 15.5. The van der Waals surface area contributed by atoms with Crippen LogP contribution in [0, 0.1) is 5.92 Å². The van der Waals surface area contributed by atoms with Gasteiger partial charge in [-0.3, -0.25) is 9.58 Å². The number of hydrogen-bond acceptors (Lipinski definition) is 5. The number of aromatic nitrogens is 3. The van der Waals surface area contributed by atoms with E-state index in [1.165, 1.54) is 24.1 Å². The topological polar surface area (TPSA) is 52.4 Å². The van der Waals surface area contributed by atoms with Crippen molar-refractivity contribution >= 4 is 0 Å². The molecule has 2 aromatic rings. The van der Waals surface area contributed by atoms with Crippen LogP contribution >= 0.6 is 0 Å². The summed E-state index contributed by atoms with van der Waals surface area (Å²) in [5, 5.41) is 8.67. The molecule has 1 fully saturated rings. The molecular formula is C20H28N4O2. The van der Waals surface area contributed by atoms with Gasteiger partial charge in [0.1, 0.15) is 5.69 Å². The Balaban J connectivity index is 1.39. The van der Waals surface area contributed by atoms with Crippen LogP contribution in [0.4, 0.5) is 0 Å². The average Bonchev–Trinajstić information content (AvgIpc) is 3.04. The van der Waals surface area contributed by atoms with E-state index in [0.717, 1.165) is 44.5 Å². The standard InChI is InChI=1S/C20H28N4O2/c1-23-20-18(15-26-14-17-5-3-2-4-6-17)12-24(13-19(20)21-22-23)11-16-7-9-25-10-8-16/h2-6,16,18H,7-15H2,1H3/t18-/m1/s1. The van der Waals surface area contributed by atoms with Gasteiger partial charge in [0.05, 0.1) is 18.9 Å². The Morgan fingerprint density at radius 3 is 2.81 bits per heavy atom. The van der Waals surface area contributed by atoms with Gasteiger partial charge in [0.2, 0.25) is 0 Å². The van der Waals surface area contributed by atoms with Gasteiger partial charge in [-0.15, -0.1) is 5.10 Å². The molecule has 0 aliphatic carbocycles. The average molecular weight is 356 g/mol. The highest BCUT2D eigenvalue weighted by atomic mass is 16.5.